The number of esters is 1. The number of carbonyl (C=O) groups excluding carboxylic acids is 1. The summed E-state index contributed by atoms with van der Waals surface area (Å²) in [7, 11) is -11.0. The van der Waals surface area contributed by atoms with Gasteiger partial charge in [-0.2, -0.15) is 17.7 Å². The van der Waals surface area contributed by atoms with E-state index in [1.165, 1.54) is 0 Å². The Bertz CT molecular complexity index is 1870. The highest BCUT2D eigenvalue weighted by molar-refractivity contribution is 8.12. The molecule has 14 heteroatoms. The highest BCUT2D eigenvalue weighted by Crippen LogP contribution is 2.33. The molecule has 2 aromatic carbocycles. The third-order valence-corrected chi connectivity index (χ3v) is 9.97. The van der Waals surface area contributed by atoms with E-state index >= 15 is 0 Å². The number of unbranched alkanes of at least 4 members (excludes halogenated alkanes) is 1. The van der Waals surface area contributed by atoms with Gasteiger partial charge in [-0.1, -0.05) is 43.0 Å². The fraction of sp³-hybridized carbons (Fsp3) is 0.290. The number of allylic oxidation sites excluding steroid dienone is 1. The summed E-state index contributed by atoms with van der Waals surface area (Å²) in [6.45, 7) is 6.21. The molecule has 240 valence electrons. The third-order valence-electron chi connectivity index (χ3n) is 6.89. The molecule has 0 N–H and O–H groups in total. The van der Waals surface area contributed by atoms with Crippen molar-refractivity contribution >= 4 is 54.8 Å². The van der Waals surface area contributed by atoms with Crippen LogP contribution in [0.5, 0.6) is 0 Å². The zero-order valence-corrected chi connectivity index (χ0v) is 26.0. The fourth-order valence-electron chi connectivity index (χ4n) is 4.75. The molecule has 0 bridgehead atoms. The Labute approximate surface area is 260 Å². The molecule has 0 amide bonds. The molecule has 0 saturated heterocycles. The summed E-state index contributed by atoms with van der Waals surface area (Å²) in [5.41, 5.74) is -1.12. The standard InChI is InChI=1S/C31H32F3N3O6S2/c1-23(2)30(38)43-20-9-19-37-27(17-15-25-11-4-6-13-29(25)37)22-26-16-14-24-10-3-5-12-28(24)36(26)18-7-8-21-44(39,40)35-45(41,42)31(32,33)34/h3-6,10-17,22H,1,7-9,18-21H2,2H3. The van der Waals surface area contributed by atoms with Crippen LogP contribution in [0.3, 0.4) is 0 Å². The van der Waals surface area contributed by atoms with E-state index in [1.807, 2.05) is 83.8 Å². The van der Waals surface area contributed by atoms with E-state index in [-0.39, 0.29) is 19.4 Å². The van der Waals surface area contributed by atoms with Gasteiger partial charge < -0.3 is 13.8 Å². The molecule has 0 atom stereocenters. The molecule has 0 spiro atoms. The predicted octanol–water partition coefficient (Wildman–Crippen LogP) is 5.84. The van der Waals surface area contributed by atoms with Gasteiger partial charge in [0.1, 0.15) is 0 Å². The number of halogens is 3. The molecule has 3 aromatic rings. The van der Waals surface area contributed by atoms with Gasteiger partial charge in [-0.25, -0.2) is 21.6 Å². The highest BCUT2D eigenvalue weighted by Gasteiger charge is 2.40. The molecule has 1 aromatic heterocycles. The fourth-order valence-corrected chi connectivity index (χ4v) is 7.15. The van der Waals surface area contributed by atoms with Crippen molar-refractivity contribution in [1.82, 2.24) is 0 Å². The van der Waals surface area contributed by atoms with Crippen molar-refractivity contribution in [2.24, 2.45) is 0 Å². The molecule has 9 nitrogen and oxygen atoms in total. The second-order valence-electron chi connectivity index (χ2n) is 10.3. The molecule has 0 unspecified atom stereocenters. The highest BCUT2D eigenvalue weighted by atomic mass is 32.3. The Morgan fingerprint density at radius 2 is 1.69 bits per heavy atom. The average molecular weight is 664 g/mol. The summed E-state index contributed by atoms with van der Waals surface area (Å²) in [5, 5.41) is 1.01. The van der Waals surface area contributed by atoms with E-state index in [0.29, 0.717) is 25.1 Å². The largest absolute Gasteiger partial charge is 0.480 e. The minimum absolute atomic E-state index is 0.117. The molecule has 1 aliphatic heterocycles. The Kier molecular flexibility index (Phi) is 10.5. The van der Waals surface area contributed by atoms with Gasteiger partial charge >= 0.3 is 11.5 Å². The van der Waals surface area contributed by atoms with Crippen LogP contribution >= 0.6 is 0 Å². The first-order valence-electron chi connectivity index (χ1n) is 14.0. The van der Waals surface area contributed by atoms with Crippen molar-refractivity contribution in [3.05, 3.63) is 100.0 Å². The van der Waals surface area contributed by atoms with E-state index in [1.54, 1.807) is 6.92 Å². The molecule has 0 aliphatic carbocycles. The topological polar surface area (TPSA) is 116 Å². The molecular formula is C31H32F3N3O6S2. The van der Waals surface area contributed by atoms with Crippen LogP contribution in [-0.4, -0.2) is 47.2 Å². The van der Waals surface area contributed by atoms with E-state index in [2.05, 4.69) is 15.3 Å². The number of hydrogen-bond acceptors (Lipinski definition) is 7. The van der Waals surface area contributed by atoms with E-state index in [0.717, 1.165) is 33.5 Å². The first-order valence-corrected chi connectivity index (χ1v) is 17.0. The number of sulfonamides is 2. The lowest BCUT2D eigenvalue weighted by Gasteiger charge is -2.30. The number of ether oxygens (including phenoxy) is 1. The molecule has 4 rings (SSSR count). The van der Waals surface area contributed by atoms with Crippen molar-refractivity contribution in [3.63, 3.8) is 0 Å². The monoisotopic (exact) mass is 663 g/mol. The van der Waals surface area contributed by atoms with Crippen LogP contribution < -0.4 is 9.47 Å². The number of fused-ring (bicyclic) bond motifs is 2. The van der Waals surface area contributed by atoms with Crippen LogP contribution in [0, 0.1) is 0 Å². The lowest BCUT2D eigenvalue weighted by molar-refractivity contribution is -0.673. The number of anilines is 1. The van der Waals surface area contributed by atoms with Gasteiger partial charge in [0, 0.05) is 59.3 Å². The number of nitrogens with zero attached hydrogens (tertiary/aromatic N) is 3. The first kappa shape index (κ1) is 33.9. The Morgan fingerprint density at radius 3 is 2.42 bits per heavy atom. The zero-order valence-electron chi connectivity index (χ0n) is 24.4. The van der Waals surface area contributed by atoms with Crippen molar-refractivity contribution in [1.29, 1.82) is 0 Å². The first-order chi connectivity index (χ1) is 21.2. The van der Waals surface area contributed by atoms with Gasteiger partial charge in [0.25, 0.3) is 0 Å². The van der Waals surface area contributed by atoms with Gasteiger partial charge in [-0.3, -0.25) is 0 Å². The summed E-state index contributed by atoms with van der Waals surface area (Å²) < 4.78 is 94.0. The smallest absolute Gasteiger partial charge is 0.462 e. The quantitative estimate of drug-likeness (QED) is 0.0976. The maximum Gasteiger partial charge on any atom is 0.480 e. The van der Waals surface area contributed by atoms with E-state index in [4.69, 9.17) is 4.74 Å². The van der Waals surface area contributed by atoms with Crippen molar-refractivity contribution in [3.8, 4) is 0 Å². The number of rotatable bonds is 13. The van der Waals surface area contributed by atoms with Gasteiger partial charge in [-0.05, 0) is 49.6 Å². The Morgan fingerprint density at radius 1 is 0.978 bits per heavy atom. The van der Waals surface area contributed by atoms with Crippen LogP contribution in [0.4, 0.5) is 18.9 Å². The molecule has 0 saturated carbocycles. The summed E-state index contributed by atoms with van der Waals surface area (Å²) >= 11 is 0. The minimum Gasteiger partial charge on any atom is -0.462 e. The average Bonchev–Trinajstić information content (AvgIpc) is 2.97. The van der Waals surface area contributed by atoms with E-state index < -0.39 is 37.3 Å². The second kappa shape index (κ2) is 14.0. The predicted molar refractivity (Wildman–Crippen MR) is 167 cm³/mol. The molecule has 45 heavy (non-hydrogen) atoms. The molecule has 1 aliphatic rings. The summed E-state index contributed by atoms with van der Waals surface area (Å²) in [5.74, 6) is -1.31. The summed E-state index contributed by atoms with van der Waals surface area (Å²) in [4.78, 5) is 13.8. The molecule has 2 heterocycles. The minimum atomic E-state index is -6.16. The van der Waals surface area contributed by atoms with Gasteiger partial charge in [0.15, 0.2) is 16.6 Å². The second-order valence-corrected chi connectivity index (χ2v) is 13.9. The van der Waals surface area contributed by atoms with Crippen molar-refractivity contribution in [2.75, 3.05) is 23.8 Å². The maximum atomic E-state index is 12.6. The van der Waals surface area contributed by atoms with Gasteiger partial charge in [-0.15, -0.1) is 0 Å². The SMILES string of the molecule is C=C(C)C(=O)OCCC[n+]1c(/C=C2\C=Cc3ccccc3N2CCCCS(=O)(=O)[N-]S(=O)(=O)C(F)(F)F)ccc2ccccc21. The van der Waals surface area contributed by atoms with Gasteiger partial charge in [0.2, 0.25) is 11.2 Å². The third kappa shape index (κ3) is 8.59. The van der Waals surface area contributed by atoms with E-state index in [9.17, 15) is 34.8 Å². The van der Waals surface area contributed by atoms with Crippen molar-refractivity contribution < 1.29 is 44.1 Å². The maximum absolute atomic E-state index is 12.6. The lowest BCUT2D eigenvalue weighted by atomic mass is 10.0. The van der Waals surface area contributed by atoms with Crippen molar-refractivity contribution in [2.45, 2.75) is 38.2 Å². The summed E-state index contributed by atoms with van der Waals surface area (Å²) in [6, 6.07) is 19.4. The lowest BCUT2D eigenvalue weighted by Crippen LogP contribution is -2.39. The number of aryl methyl sites for hydroxylation is 1. The number of hydrogen-bond donors (Lipinski definition) is 0. The summed E-state index contributed by atoms with van der Waals surface area (Å²) in [6.07, 6.45) is 6.48. The van der Waals surface area contributed by atoms with Crippen LogP contribution in [0.25, 0.3) is 27.2 Å². The normalized spacial score (nSPS) is 14.5. The van der Waals surface area contributed by atoms with Crippen LogP contribution in [-0.2, 0) is 36.1 Å². The number of alkyl halides is 3. The van der Waals surface area contributed by atoms with Crippen LogP contribution in [0.15, 0.2) is 84.6 Å². The van der Waals surface area contributed by atoms with Crippen LogP contribution in [0.2, 0.25) is 0 Å². The number of aromatic nitrogens is 1. The number of pyridine rings is 1. The van der Waals surface area contributed by atoms with Crippen LogP contribution in [0.1, 0.15) is 37.4 Å². The molecule has 0 radical (unpaired) electrons. The number of benzene rings is 2. The van der Waals surface area contributed by atoms with Gasteiger partial charge in [0.05, 0.1) is 16.6 Å². The number of para-hydroxylation sites is 2. The Balaban J connectivity index is 1.57. The number of carbonyl (C=O) groups is 1. The Hall–Kier alpha value is -4.01. The molecular weight excluding hydrogens is 631 g/mol. The molecule has 0 fully saturated rings. The zero-order chi connectivity index (χ0) is 32.8.